The molecule has 0 radical (unpaired) electrons. The Morgan fingerprint density at radius 2 is 1.92 bits per heavy atom. The molecule has 0 fully saturated rings. The SMILES string of the molecule is Cc1nc(NC(=O)c2cnc[nH]c2=O)cc(-c2ccccc2)c1C. The Morgan fingerprint density at radius 3 is 2.62 bits per heavy atom. The number of aromatic amines is 1. The molecule has 3 aromatic rings. The lowest BCUT2D eigenvalue weighted by Crippen LogP contribution is -2.23. The van der Waals surface area contributed by atoms with Crippen molar-refractivity contribution in [3.8, 4) is 11.1 Å². The van der Waals surface area contributed by atoms with E-state index in [9.17, 15) is 9.59 Å². The molecule has 6 nitrogen and oxygen atoms in total. The van der Waals surface area contributed by atoms with Gasteiger partial charge < -0.3 is 10.3 Å². The van der Waals surface area contributed by atoms with Crippen LogP contribution in [-0.2, 0) is 0 Å². The van der Waals surface area contributed by atoms with E-state index in [2.05, 4.69) is 20.3 Å². The highest BCUT2D eigenvalue weighted by Gasteiger charge is 2.14. The van der Waals surface area contributed by atoms with Crippen LogP contribution in [0.2, 0.25) is 0 Å². The van der Waals surface area contributed by atoms with Crippen LogP contribution in [0.4, 0.5) is 5.82 Å². The molecule has 6 heteroatoms. The number of aryl methyl sites for hydroxylation is 1. The average Bonchev–Trinajstić information content (AvgIpc) is 2.59. The molecule has 3 rings (SSSR count). The lowest BCUT2D eigenvalue weighted by atomic mass is 10.0. The number of carbonyl (C=O) groups is 1. The van der Waals surface area contributed by atoms with Gasteiger partial charge in [0.25, 0.3) is 11.5 Å². The van der Waals surface area contributed by atoms with Gasteiger partial charge in [-0.3, -0.25) is 9.59 Å². The molecule has 0 saturated heterocycles. The lowest BCUT2D eigenvalue weighted by molar-refractivity contribution is 0.102. The second-order valence-corrected chi connectivity index (χ2v) is 5.38. The molecule has 2 N–H and O–H groups in total. The van der Waals surface area contributed by atoms with Crippen LogP contribution in [0.3, 0.4) is 0 Å². The molecule has 0 saturated carbocycles. The first-order valence-corrected chi connectivity index (χ1v) is 7.44. The van der Waals surface area contributed by atoms with Gasteiger partial charge in [-0.05, 0) is 36.6 Å². The van der Waals surface area contributed by atoms with Crippen molar-refractivity contribution >= 4 is 11.7 Å². The van der Waals surface area contributed by atoms with E-state index >= 15 is 0 Å². The highest BCUT2D eigenvalue weighted by Crippen LogP contribution is 2.27. The molecular weight excluding hydrogens is 304 g/mol. The lowest BCUT2D eigenvalue weighted by Gasteiger charge is -2.12. The van der Waals surface area contributed by atoms with E-state index in [0.29, 0.717) is 5.82 Å². The van der Waals surface area contributed by atoms with Gasteiger partial charge in [0.15, 0.2) is 0 Å². The maximum absolute atomic E-state index is 12.3. The van der Waals surface area contributed by atoms with Gasteiger partial charge in [-0.1, -0.05) is 30.3 Å². The summed E-state index contributed by atoms with van der Waals surface area (Å²) in [5.41, 5.74) is 3.33. The number of hydrogen-bond donors (Lipinski definition) is 2. The Bertz CT molecular complexity index is 949. The number of anilines is 1. The van der Waals surface area contributed by atoms with Crippen LogP contribution in [0.25, 0.3) is 11.1 Å². The highest BCUT2D eigenvalue weighted by atomic mass is 16.2. The van der Waals surface area contributed by atoms with Gasteiger partial charge >= 0.3 is 0 Å². The standard InChI is InChI=1S/C18H16N4O2/c1-11-12(2)21-16(8-14(11)13-6-4-3-5-7-13)22-18(24)15-9-19-10-20-17(15)23/h3-10H,1-2H3,(H,19,20,23)(H,21,22,24). The molecular formula is C18H16N4O2. The van der Waals surface area contributed by atoms with Crippen molar-refractivity contribution in [2.45, 2.75) is 13.8 Å². The quantitative estimate of drug-likeness (QED) is 0.776. The fourth-order valence-corrected chi connectivity index (χ4v) is 2.41. The smallest absolute Gasteiger partial charge is 0.264 e. The Balaban J connectivity index is 1.98. The predicted octanol–water partition coefficient (Wildman–Crippen LogP) is 2.70. The van der Waals surface area contributed by atoms with Crippen LogP contribution in [-0.4, -0.2) is 20.9 Å². The third-order valence-electron chi connectivity index (χ3n) is 3.81. The van der Waals surface area contributed by atoms with Crippen LogP contribution in [0.15, 0.2) is 53.7 Å². The van der Waals surface area contributed by atoms with E-state index in [1.807, 2.05) is 44.2 Å². The van der Waals surface area contributed by atoms with Crippen molar-refractivity contribution in [1.29, 1.82) is 0 Å². The molecule has 0 aliphatic heterocycles. The van der Waals surface area contributed by atoms with Crippen molar-refractivity contribution in [1.82, 2.24) is 15.0 Å². The van der Waals surface area contributed by atoms with Crippen molar-refractivity contribution < 1.29 is 4.79 Å². The number of H-pyrrole nitrogens is 1. The number of rotatable bonds is 3. The van der Waals surface area contributed by atoms with E-state index in [0.717, 1.165) is 22.4 Å². The minimum Gasteiger partial charge on any atom is -0.312 e. The zero-order valence-corrected chi connectivity index (χ0v) is 13.3. The average molecular weight is 320 g/mol. The van der Waals surface area contributed by atoms with Crippen molar-refractivity contribution in [2.24, 2.45) is 0 Å². The number of pyridine rings is 1. The van der Waals surface area contributed by atoms with Gasteiger partial charge in [-0.25, -0.2) is 9.97 Å². The number of amides is 1. The van der Waals surface area contributed by atoms with E-state index in [1.165, 1.54) is 12.5 Å². The molecule has 0 aliphatic carbocycles. The molecule has 2 heterocycles. The molecule has 0 bridgehead atoms. The molecule has 1 amide bonds. The van der Waals surface area contributed by atoms with E-state index in [-0.39, 0.29) is 5.56 Å². The molecule has 0 spiro atoms. The fourth-order valence-electron chi connectivity index (χ4n) is 2.41. The maximum Gasteiger partial charge on any atom is 0.264 e. The zero-order chi connectivity index (χ0) is 17.1. The summed E-state index contributed by atoms with van der Waals surface area (Å²) >= 11 is 0. The van der Waals surface area contributed by atoms with Crippen molar-refractivity contribution in [2.75, 3.05) is 5.32 Å². The topological polar surface area (TPSA) is 87.7 Å². The minimum absolute atomic E-state index is 0.0567. The largest absolute Gasteiger partial charge is 0.312 e. The third kappa shape index (κ3) is 3.08. The van der Waals surface area contributed by atoms with E-state index in [4.69, 9.17) is 0 Å². The summed E-state index contributed by atoms with van der Waals surface area (Å²) in [5.74, 6) is -0.149. The Labute approximate surface area is 138 Å². The first-order valence-electron chi connectivity index (χ1n) is 7.44. The third-order valence-corrected chi connectivity index (χ3v) is 3.81. The zero-order valence-electron chi connectivity index (χ0n) is 13.3. The minimum atomic E-state index is -0.542. The predicted molar refractivity (Wildman–Crippen MR) is 92.0 cm³/mol. The molecule has 24 heavy (non-hydrogen) atoms. The van der Waals surface area contributed by atoms with Gasteiger partial charge in [0.05, 0.1) is 6.33 Å². The summed E-state index contributed by atoms with van der Waals surface area (Å²) in [6, 6.07) is 11.7. The highest BCUT2D eigenvalue weighted by molar-refractivity contribution is 6.03. The second kappa shape index (κ2) is 6.45. The normalized spacial score (nSPS) is 10.4. The summed E-state index contributed by atoms with van der Waals surface area (Å²) in [6.07, 6.45) is 2.47. The van der Waals surface area contributed by atoms with Crippen molar-refractivity contribution in [3.63, 3.8) is 0 Å². The number of carbonyl (C=O) groups excluding carboxylic acids is 1. The van der Waals surface area contributed by atoms with E-state index < -0.39 is 11.5 Å². The van der Waals surface area contributed by atoms with Gasteiger partial charge in [0.1, 0.15) is 11.4 Å². The van der Waals surface area contributed by atoms with Crippen LogP contribution < -0.4 is 10.9 Å². The molecule has 0 atom stereocenters. The Kier molecular flexibility index (Phi) is 4.20. The first-order chi connectivity index (χ1) is 11.6. The van der Waals surface area contributed by atoms with Gasteiger partial charge in [0.2, 0.25) is 0 Å². The van der Waals surface area contributed by atoms with Gasteiger partial charge in [0, 0.05) is 11.9 Å². The van der Waals surface area contributed by atoms with Crippen LogP contribution >= 0.6 is 0 Å². The summed E-state index contributed by atoms with van der Waals surface area (Å²) < 4.78 is 0. The Morgan fingerprint density at radius 1 is 1.17 bits per heavy atom. The van der Waals surface area contributed by atoms with Gasteiger partial charge in [-0.15, -0.1) is 0 Å². The van der Waals surface area contributed by atoms with Crippen molar-refractivity contribution in [3.05, 3.63) is 76.1 Å². The number of nitrogens with one attached hydrogen (secondary N) is 2. The number of aromatic nitrogens is 3. The van der Waals surface area contributed by atoms with Crippen LogP contribution in [0.1, 0.15) is 21.6 Å². The molecule has 0 unspecified atom stereocenters. The maximum atomic E-state index is 12.3. The summed E-state index contributed by atoms with van der Waals surface area (Å²) in [6.45, 7) is 3.87. The van der Waals surface area contributed by atoms with E-state index in [1.54, 1.807) is 6.07 Å². The summed E-state index contributed by atoms with van der Waals surface area (Å²) in [7, 11) is 0. The Hall–Kier alpha value is -3.28. The molecule has 1 aromatic carbocycles. The molecule has 0 aliphatic rings. The fraction of sp³-hybridized carbons (Fsp3) is 0.111. The summed E-state index contributed by atoms with van der Waals surface area (Å²) in [5, 5.41) is 2.67. The monoisotopic (exact) mass is 320 g/mol. The van der Waals surface area contributed by atoms with Gasteiger partial charge in [-0.2, -0.15) is 0 Å². The number of benzene rings is 1. The molecule has 120 valence electrons. The second-order valence-electron chi connectivity index (χ2n) is 5.38. The number of nitrogens with zero attached hydrogens (tertiary/aromatic N) is 2. The first kappa shape index (κ1) is 15.6. The van der Waals surface area contributed by atoms with Crippen LogP contribution in [0.5, 0.6) is 0 Å². The molecule has 2 aromatic heterocycles. The summed E-state index contributed by atoms with van der Waals surface area (Å²) in [4.78, 5) is 34.5. The number of hydrogen-bond acceptors (Lipinski definition) is 4. The van der Waals surface area contributed by atoms with Crippen LogP contribution in [0, 0.1) is 13.8 Å².